The molecule has 0 aliphatic heterocycles. The highest BCUT2D eigenvalue weighted by Gasteiger charge is 2.69. The van der Waals surface area contributed by atoms with Gasteiger partial charge in [-0.3, -0.25) is 9.59 Å². The van der Waals surface area contributed by atoms with Crippen LogP contribution in [0.4, 0.5) is 4.39 Å². The third-order valence-corrected chi connectivity index (χ3v) is 16.0. The predicted octanol–water partition coefficient (Wildman–Crippen LogP) is 8.92. The van der Waals surface area contributed by atoms with Crippen LogP contribution in [-0.4, -0.2) is 34.1 Å². The van der Waals surface area contributed by atoms with Gasteiger partial charge in [-0.1, -0.05) is 73.1 Å². The Balaban J connectivity index is 1.14. The molecule has 0 saturated heterocycles. The van der Waals surface area contributed by atoms with Crippen molar-refractivity contribution in [2.24, 2.45) is 50.7 Å². The van der Waals surface area contributed by atoms with Gasteiger partial charge in [0.1, 0.15) is 5.82 Å². The summed E-state index contributed by atoms with van der Waals surface area (Å²) >= 11 is 0. The minimum atomic E-state index is -1.34. The highest BCUT2D eigenvalue weighted by atomic mass is 19.1. The van der Waals surface area contributed by atoms with Gasteiger partial charge < -0.3 is 20.8 Å². The van der Waals surface area contributed by atoms with Crippen molar-refractivity contribution in [2.45, 2.75) is 132 Å². The number of carboxylic acids is 1. The number of amides is 2. The molecular formula is C44H61FN2O5. The first kappa shape index (κ1) is 38.5. The smallest absolute Gasteiger partial charge is 0.338 e. The minimum Gasteiger partial charge on any atom is -0.478 e. The summed E-state index contributed by atoms with van der Waals surface area (Å²) in [4.78, 5) is 38.6. The molecule has 0 bridgehead atoms. The van der Waals surface area contributed by atoms with Crippen LogP contribution in [0.25, 0.3) is 0 Å². The molecule has 2 aromatic carbocycles. The lowest BCUT2D eigenvalue weighted by Gasteiger charge is -2.72. The van der Waals surface area contributed by atoms with E-state index in [1.807, 2.05) is 6.07 Å². The normalized spacial score (nSPS) is 36.4. The maximum Gasteiger partial charge on any atom is 0.338 e. The molecule has 6 rings (SSSR count). The summed E-state index contributed by atoms with van der Waals surface area (Å²) in [6.07, 6.45) is 10.2. The molecule has 8 unspecified atom stereocenters. The molecule has 0 spiro atoms. The van der Waals surface area contributed by atoms with Gasteiger partial charge in [0, 0.05) is 18.7 Å². The summed E-state index contributed by atoms with van der Waals surface area (Å²) < 4.78 is 14.1. The molecular weight excluding hydrogens is 655 g/mol. The second kappa shape index (κ2) is 13.9. The van der Waals surface area contributed by atoms with Crippen molar-refractivity contribution in [2.75, 3.05) is 0 Å². The zero-order chi connectivity index (χ0) is 37.9. The Morgan fingerprint density at radius 2 is 1.54 bits per heavy atom. The van der Waals surface area contributed by atoms with Gasteiger partial charge in [-0.05, 0) is 139 Å². The Bertz CT molecular complexity index is 1710. The van der Waals surface area contributed by atoms with Gasteiger partial charge in [0.2, 0.25) is 5.91 Å². The number of hydrogen-bond donors (Lipinski definition) is 4. The van der Waals surface area contributed by atoms with E-state index in [-0.39, 0.29) is 52.0 Å². The van der Waals surface area contributed by atoms with Gasteiger partial charge in [0.25, 0.3) is 5.91 Å². The van der Waals surface area contributed by atoms with Gasteiger partial charge in [0.15, 0.2) is 0 Å². The topological polar surface area (TPSA) is 116 Å². The average Bonchev–Trinajstić information content (AvgIpc) is 3.10. The number of carboxylic acid groups (broad SMARTS) is 1. The monoisotopic (exact) mass is 716 g/mol. The number of carbonyl (C=O) groups is 3. The zero-order valence-electron chi connectivity index (χ0n) is 32.4. The third-order valence-electron chi connectivity index (χ3n) is 16.0. The van der Waals surface area contributed by atoms with Crippen molar-refractivity contribution in [3.63, 3.8) is 0 Å². The number of fused-ring (bicyclic) bond motifs is 5. The Kier molecular flexibility index (Phi) is 10.3. The molecule has 52 heavy (non-hydrogen) atoms. The first-order valence-corrected chi connectivity index (χ1v) is 19.8. The standard InChI is InChI=1S/C44H61FN2O5/c1-8-18-44(39(52)47-26-28-10-9-11-30(23-28)37(49)46-25-29-12-13-31(38(50)51)33(45)24-29)22-21-42(6)32(27(44)2)14-15-35-41(5)19-17-36(48)40(3,4)34(41)16-20-43(35,42)7/h9-13,23-24,27,32,34-36,48H,8,14-22,25-26H2,1-7H3,(H,46,49)(H,47,52)(H,50,51)/t27?,32?,34?,35?,36?,41?,42-,43?,44?/m1/s1. The SMILES string of the molecule is CCCC1(C(=O)NCc2cccc(C(=O)NCc3ccc(C(=O)O)c(F)c3)c2)CC[C@]2(C)C(CCC3C4(C)CCC(O)C(C)(C)C4CCC32C)C1C. The van der Waals surface area contributed by atoms with Gasteiger partial charge in [-0.15, -0.1) is 0 Å². The number of rotatable bonds is 9. The van der Waals surface area contributed by atoms with Crippen LogP contribution in [0.3, 0.4) is 0 Å². The molecule has 2 aromatic rings. The number of aliphatic hydroxyl groups excluding tert-OH is 1. The van der Waals surface area contributed by atoms with E-state index in [0.29, 0.717) is 35.4 Å². The maximum atomic E-state index is 14.5. The number of aliphatic hydroxyl groups is 1. The fourth-order valence-electron chi connectivity index (χ4n) is 12.9. The fraction of sp³-hybridized carbons (Fsp3) is 0.659. The number of carbonyl (C=O) groups excluding carboxylic acids is 2. The second-order valence-electron chi connectivity index (χ2n) is 18.4. The fourth-order valence-corrected chi connectivity index (χ4v) is 12.9. The average molecular weight is 717 g/mol. The summed E-state index contributed by atoms with van der Waals surface area (Å²) in [5.41, 5.74) is 1.36. The lowest BCUT2D eigenvalue weighted by Crippen LogP contribution is -2.67. The van der Waals surface area contributed by atoms with E-state index < -0.39 is 22.8 Å². The molecule has 0 aromatic heterocycles. The summed E-state index contributed by atoms with van der Waals surface area (Å²) in [5.74, 6) is -0.546. The van der Waals surface area contributed by atoms with Crippen LogP contribution in [0.2, 0.25) is 0 Å². The third kappa shape index (κ3) is 6.09. The summed E-state index contributed by atoms with van der Waals surface area (Å²) in [5, 5.41) is 26.2. The molecule has 0 heterocycles. The molecule has 0 radical (unpaired) electrons. The van der Waals surface area contributed by atoms with E-state index in [1.54, 1.807) is 18.2 Å². The van der Waals surface area contributed by atoms with E-state index in [9.17, 15) is 23.9 Å². The van der Waals surface area contributed by atoms with Gasteiger partial charge in [0.05, 0.1) is 17.1 Å². The Morgan fingerprint density at radius 3 is 2.23 bits per heavy atom. The lowest BCUT2D eigenvalue weighted by atomic mass is 9.32. The highest BCUT2D eigenvalue weighted by molar-refractivity contribution is 5.94. The zero-order valence-corrected chi connectivity index (χ0v) is 32.4. The summed E-state index contributed by atoms with van der Waals surface area (Å²) in [7, 11) is 0. The Hall–Kier alpha value is -3.26. The van der Waals surface area contributed by atoms with Crippen molar-refractivity contribution in [1.82, 2.24) is 10.6 Å². The number of benzene rings is 2. The molecule has 284 valence electrons. The van der Waals surface area contributed by atoms with E-state index in [4.69, 9.17) is 5.11 Å². The molecule has 2 amide bonds. The van der Waals surface area contributed by atoms with Gasteiger partial charge >= 0.3 is 5.97 Å². The predicted molar refractivity (Wildman–Crippen MR) is 201 cm³/mol. The van der Waals surface area contributed by atoms with Crippen LogP contribution >= 0.6 is 0 Å². The number of nitrogens with one attached hydrogen (secondary N) is 2. The number of hydrogen-bond acceptors (Lipinski definition) is 4. The van der Waals surface area contributed by atoms with Crippen LogP contribution in [-0.2, 0) is 17.9 Å². The summed E-state index contributed by atoms with van der Waals surface area (Å²) in [6.45, 7) is 17.2. The van der Waals surface area contributed by atoms with E-state index in [2.05, 4.69) is 59.1 Å². The Labute approximate surface area is 309 Å². The van der Waals surface area contributed by atoms with Crippen LogP contribution < -0.4 is 10.6 Å². The lowest BCUT2D eigenvalue weighted by molar-refractivity contribution is -0.246. The molecule has 4 N–H and O–H groups in total. The second-order valence-corrected chi connectivity index (χ2v) is 18.4. The van der Waals surface area contributed by atoms with E-state index >= 15 is 0 Å². The van der Waals surface area contributed by atoms with E-state index in [0.717, 1.165) is 56.6 Å². The maximum absolute atomic E-state index is 14.5. The molecule has 9 atom stereocenters. The van der Waals surface area contributed by atoms with Crippen molar-refractivity contribution >= 4 is 17.8 Å². The van der Waals surface area contributed by atoms with Crippen molar-refractivity contribution < 1.29 is 29.0 Å². The molecule has 4 aliphatic carbocycles. The van der Waals surface area contributed by atoms with Crippen LogP contribution in [0.15, 0.2) is 42.5 Å². The Morgan fingerprint density at radius 1 is 0.827 bits per heavy atom. The van der Waals surface area contributed by atoms with Crippen molar-refractivity contribution in [1.29, 1.82) is 0 Å². The first-order chi connectivity index (χ1) is 24.4. The number of halogens is 1. The molecule has 4 saturated carbocycles. The largest absolute Gasteiger partial charge is 0.478 e. The molecule has 4 aliphatic rings. The van der Waals surface area contributed by atoms with Crippen molar-refractivity contribution in [3.05, 3.63) is 70.5 Å². The number of aromatic carboxylic acids is 1. The summed E-state index contributed by atoms with van der Waals surface area (Å²) in [6, 6.07) is 11.0. The quantitative estimate of drug-likeness (QED) is 0.207. The molecule has 7 nitrogen and oxygen atoms in total. The van der Waals surface area contributed by atoms with Crippen LogP contribution in [0.5, 0.6) is 0 Å². The van der Waals surface area contributed by atoms with Gasteiger partial charge in [-0.2, -0.15) is 0 Å². The van der Waals surface area contributed by atoms with Crippen LogP contribution in [0.1, 0.15) is 145 Å². The highest BCUT2D eigenvalue weighted by Crippen LogP contribution is 2.75. The van der Waals surface area contributed by atoms with Crippen molar-refractivity contribution in [3.8, 4) is 0 Å². The minimum absolute atomic E-state index is 0.0504. The molecule has 8 heteroatoms. The first-order valence-electron chi connectivity index (χ1n) is 19.8. The van der Waals surface area contributed by atoms with Crippen LogP contribution in [0, 0.1) is 56.6 Å². The van der Waals surface area contributed by atoms with Gasteiger partial charge in [-0.25, -0.2) is 9.18 Å². The van der Waals surface area contributed by atoms with E-state index in [1.165, 1.54) is 31.4 Å². The molecule has 4 fully saturated rings.